The number of nitrogens with zero attached hydrogens (tertiary/aromatic N) is 3. The van der Waals surface area contributed by atoms with Crippen molar-refractivity contribution in [1.29, 1.82) is 0 Å². The van der Waals surface area contributed by atoms with Crippen LogP contribution in [-0.4, -0.2) is 142 Å². The van der Waals surface area contributed by atoms with Crippen molar-refractivity contribution in [1.82, 2.24) is 15.3 Å². The second-order valence-corrected chi connectivity index (χ2v) is 14.1. The number of quaternary nitrogens is 1. The number of carbonyl (C=O) groups is 1. The Hall–Kier alpha value is -3.80. The van der Waals surface area contributed by atoms with E-state index in [1.807, 2.05) is 24.3 Å². The minimum absolute atomic E-state index is 0.00567. The predicted octanol–water partition coefficient (Wildman–Crippen LogP) is 3.08. The van der Waals surface area contributed by atoms with Crippen molar-refractivity contribution in [3.63, 3.8) is 0 Å². The van der Waals surface area contributed by atoms with E-state index in [9.17, 15) is 4.79 Å². The minimum Gasteiger partial charge on any atom is -0.491 e. The fraction of sp³-hybridized carbons (Fsp3) is 0.575. The number of piperidine rings is 1. The molecule has 3 aromatic rings. The lowest BCUT2D eigenvalue weighted by atomic mass is 9.99. The van der Waals surface area contributed by atoms with Crippen LogP contribution < -0.4 is 26.3 Å². The van der Waals surface area contributed by atoms with Gasteiger partial charge in [0.15, 0.2) is 22.5 Å². The summed E-state index contributed by atoms with van der Waals surface area (Å²) in [5, 5.41) is 20.6. The number of anilines is 2. The van der Waals surface area contributed by atoms with Crippen molar-refractivity contribution in [2.24, 2.45) is 0 Å². The zero-order valence-electron chi connectivity index (χ0n) is 32.4. The first-order chi connectivity index (χ1) is 27.3. The van der Waals surface area contributed by atoms with E-state index in [2.05, 4.69) is 39.6 Å². The van der Waals surface area contributed by atoms with Gasteiger partial charge in [-0.3, -0.25) is 4.79 Å². The van der Waals surface area contributed by atoms with E-state index in [0.717, 1.165) is 80.7 Å². The van der Waals surface area contributed by atoms with Gasteiger partial charge < -0.3 is 59.9 Å². The number of nitrogen functional groups attached to an aromatic ring is 2. The van der Waals surface area contributed by atoms with Crippen molar-refractivity contribution in [2.75, 3.05) is 117 Å². The first-order valence-electron chi connectivity index (χ1n) is 19.5. The van der Waals surface area contributed by atoms with E-state index >= 15 is 0 Å². The molecule has 0 spiro atoms. The molecule has 2 aromatic carbocycles. The summed E-state index contributed by atoms with van der Waals surface area (Å²) in [6.45, 7) is 8.04. The molecular formula is C40H60ClN6O9+. The Kier molecular flexibility index (Phi) is 20.4. The van der Waals surface area contributed by atoms with Gasteiger partial charge in [0, 0.05) is 12.8 Å². The maximum absolute atomic E-state index is 13.3. The largest absolute Gasteiger partial charge is 0.491 e. The number of likely N-dealkylation sites (tertiary alicyclic amines) is 1. The van der Waals surface area contributed by atoms with Gasteiger partial charge in [-0.2, -0.15) is 0 Å². The van der Waals surface area contributed by atoms with E-state index < -0.39 is 5.91 Å². The SMILES string of the molecule is Nc1nc(N)c(C(=O)NC2CCC[N+](CCCc3ccc(OCCOCCOCCO)cc3)(CCCc3ccc(OCCOCCOCCO)cc3)C2)nc1Cl. The van der Waals surface area contributed by atoms with Crippen molar-refractivity contribution in [2.45, 2.75) is 44.6 Å². The normalized spacial score (nSPS) is 15.1. The zero-order valence-corrected chi connectivity index (χ0v) is 33.1. The van der Waals surface area contributed by atoms with Crippen LogP contribution in [0.2, 0.25) is 5.15 Å². The fourth-order valence-corrected chi connectivity index (χ4v) is 6.90. The lowest BCUT2D eigenvalue weighted by molar-refractivity contribution is -0.933. The van der Waals surface area contributed by atoms with Crippen LogP contribution in [0.1, 0.15) is 47.3 Å². The summed E-state index contributed by atoms with van der Waals surface area (Å²) in [5.41, 5.74) is 14.2. The molecule has 0 aliphatic carbocycles. The van der Waals surface area contributed by atoms with Gasteiger partial charge in [0.2, 0.25) is 0 Å². The highest BCUT2D eigenvalue weighted by Gasteiger charge is 2.35. The van der Waals surface area contributed by atoms with Crippen LogP contribution in [0.15, 0.2) is 48.5 Å². The molecule has 1 fully saturated rings. The number of hydrogen-bond donors (Lipinski definition) is 5. The van der Waals surface area contributed by atoms with Gasteiger partial charge in [-0.15, -0.1) is 0 Å². The summed E-state index contributed by atoms with van der Waals surface area (Å²) in [6, 6.07) is 16.4. The molecule has 15 nitrogen and oxygen atoms in total. The summed E-state index contributed by atoms with van der Waals surface area (Å²) < 4.78 is 33.9. The molecule has 16 heteroatoms. The highest BCUT2D eigenvalue weighted by Crippen LogP contribution is 2.25. The monoisotopic (exact) mass is 803 g/mol. The Morgan fingerprint density at radius 3 is 1.70 bits per heavy atom. The number of aryl methyl sites for hydroxylation is 2. The number of amides is 1. The van der Waals surface area contributed by atoms with E-state index in [0.29, 0.717) is 66.1 Å². The van der Waals surface area contributed by atoms with Crippen LogP contribution >= 0.6 is 11.6 Å². The predicted molar refractivity (Wildman–Crippen MR) is 214 cm³/mol. The third-order valence-corrected chi connectivity index (χ3v) is 9.78. The standard InChI is InChI=1S/C40H59ClN6O9/c41-37-39(43)46-38(42)36(45-37)40(50)44-33-6-3-17-47(30-33,15-1-4-31-7-11-34(12-8-31)55-28-26-53-24-22-51-20-18-48)16-2-5-32-9-13-35(14-10-32)56-29-27-54-25-23-52-21-19-49/h7-14,33,48-49H,1-6,15-30H2,(H4-,42,43,44,46,50)/p+1. The van der Waals surface area contributed by atoms with Crippen LogP contribution in [-0.2, 0) is 31.8 Å². The first kappa shape index (κ1) is 44.9. The molecule has 7 N–H and O–H groups in total. The smallest absolute Gasteiger partial charge is 0.274 e. The number of aliphatic hydroxyl groups is 2. The number of halogens is 1. The van der Waals surface area contributed by atoms with Gasteiger partial charge >= 0.3 is 0 Å². The maximum atomic E-state index is 13.3. The second kappa shape index (κ2) is 25.5. The van der Waals surface area contributed by atoms with Crippen molar-refractivity contribution < 1.29 is 47.9 Å². The van der Waals surface area contributed by atoms with Crippen molar-refractivity contribution in [3.8, 4) is 11.5 Å². The van der Waals surface area contributed by atoms with E-state index in [1.54, 1.807) is 0 Å². The molecule has 0 radical (unpaired) electrons. The van der Waals surface area contributed by atoms with Crippen LogP contribution in [0.5, 0.6) is 11.5 Å². The quantitative estimate of drug-likeness (QED) is 0.0530. The molecule has 1 aliphatic heterocycles. The van der Waals surface area contributed by atoms with Gasteiger partial charge in [0.1, 0.15) is 24.7 Å². The number of hydrogen-bond acceptors (Lipinski definition) is 13. The lowest BCUT2D eigenvalue weighted by Gasteiger charge is -2.45. The van der Waals surface area contributed by atoms with Gasteiger partial charge in [-0.05, 0) is 61.1 Å². The van der Waals surface area contributed by atoms with Gasteiger partial charge in [-0.25, -0.2) is 9.97 Å². The molecule has 1 aromatic heterocycles. The van der Waals surface area contributed by atoms with E-state index in [-0.39, 0.29) is 41.7 Å². The number of rotatable bonds is 28. The number of aromatic nitrogens is 2. The molecule has 4 rings (SSSR count). The molecule has 0 saturated carbocycles. The highest BCUT2D eigenvalue weighted by atomic mass is 35.5. The summed E-state index contributed by atoms with van der Waals surface area (Å²) in [6.07, 6.45) is 5.67. The molecule has 310 valence electrons. The van der Waals surface area contributed by atoms with Gasteiger partial charge in [0.05, 0.1) is 98.3 Å². The molecule has 0 bridgehead atoms. The number of benzene rings is 2. The number of aliphatic hydroxyl groups excluding tert-OH is 2. The zero-order chi connectivity index (χ0) is 39.9. The summed E-state index contributed by atoms with van der Waals surface area (Å²) in [7, 11) is 0. The molecule has 2 heterocycles. The Morgan fingerprint density at radius 2 is 1.20 bits per heavy atom. The van der Waals surface area contributed by atoms with Gasteiger partial charge in [-0.1, -0.05) is 35.9 Å². The number of carbonyl (C=O) groups excluding carboxylic acids is 1. The average Bonchev–Trinajstić information content (AvgIpc) is 3.19. The summed E-state index contributed by atoms with van der Waals surface area (Å²) in [4.78, 5) is 21.4. The number of nitrogens with one attached hydrogen (secondary N) is 1. The number of ether oxygens (including phenoxy) is 6. The fourth-order valence-electron chi connectivity index (χ4n) is 6.77. The van der Waals surface area contributed by atoms with Gasteiger partial charge in [0.25, 0.3) is 5.91 Å². The third kappa shape index (κ3) is 16.4. The molecule has 1 amide bonds. The Bertz CT molecular complexity index is 1490. The topological polar surface area (TPSA) is 203 Å². The lowest BCUT2D eigenvalue weighted by Crippen LogP contribution is -2.60. The molecule has 1 aliphatic rings. The summed E-state index contributed by atoms with van der Waals surface area (Å²) in [5.74, 6) is 1.14. The second-order valence-electron chi connectivity index (χ2n) is 13.7. The Balaban J connectivity index is 1.28. The molecular weight excluding hydrogens is 744 g/mol. The van der Waals surface area contributed by atoms with E-state index in [4.69, 9.17) is 61.7 Å². The van der Waals surface area contributed by atoms with Crippen molar-refractivity contribution in [3.05, 3.63) is 70.5 Å². The average molecular weight is 804 g/mol. The maximum Gasteiger partial charge on any atom is 0.274 e. The van der Waals surface area contributed by atoms with Crippen LogP contribution in [0.25, 0.3) is 0 Å². The third-order valence-electron chi connectivity index (χ3n) is 9.50. The molecule has 56 heavy (non-hydrogen) atoms. The van der Waals surface area contributed by atoms with Crippen LogP contribution in [0, 0.1) is 0 Å². The molecule has 1 atom stereocenters. The molecule has 1 unspecified atom stereocenters. The minimum atomic E-state index is -0.399. The Labute approximate surface area is 335 Å². The van der Waals surface area contributed by atoms with Crippen LogP contribution in [0.3, 0.4) is 0 Å². The summed E-state index contributed by atoms with van der Waals surface area (Å²) >= 11 is 6.07. The highest BCUT2D eigenvalue weighted by molar-refractivity contribution is 6.31. The Morgan fingerprint density at radius 1 is 0.714 bits per heavy atom. The van der Waals surface area contributed by atoms with Crippen molar-refractivity contribution >= 4 is 29.1 Å². The van der Waals surface area contributed by atoms with E-state index in [1.165, 1.54) is 11.1 Å². The van der Waals surface area contributed by atoms with Crippen LogP contribution in [0.4, 0.5) is 11.6 Å². The number of nitrogens with two attached hydrogens (primary N) is 2. The first-order valence-corrected chi connectivity index (χ1v) is 19.9. The molecule has 1 saturated heterocycles.